The van der Waals surface area contributed by atoms with E-state index in [0.29, 0.717) is 50.7 Å². The van der Waals surface area contributed by atoms with Crippen molar-refractivity contribution in [3.05, 3.63) is 28.9 Å². The number of carbonyl (C=O) groups is 1. The first-order valence-corrected chi connectivity index (χ1v) is 6.64. The highest BCUT2D eigenvalue weighted by Crippen LogP contribution is 2.13. The molecule has 0 atom stereocenters. The lowest BCUT2D eigenvalue weighted by Crippen LogP contribution is -2.31. The summed E-state index contributed by atoms with van der Waals surface area (Å²) < 4.78 is 10.9. The van der Waals surface area contributed by atoms with E-state index in [0.717, 1.165) is 0 Å². The lowest BCUT2D eigenvalue weighted by Gasteiger charge is -2.17. The second-order valence-electron chi connectivity index (χ2n) is 4.18. The van der Waals surface area contributed by atoms with Crippen molar-refractivity contribution >= 4 is 6.03 Å². The fourth-order valence-electron chi connectivity index (χ4n) is 1.83. The van der Waals surface area contributed by atoms with Crippen molar-refractivity contribution < 1.29 is 14.3 Å². The van der Waals surface area contributed by atoms with Gasteiger partial charge in [-0.25, -0.2) is 4.79 Å². The van der Waals surface area contributed by atoms with E-state index in [1.807, 2.05) is 12.4 Å². The van der Waals surface area contributed by atoms with E-state index in [1.165, 1.54) is 0 Å². The summed E-state index contributed by atoms with van der Waals surface area (Å²) in [5.41, 5.74) is 1.83. The Labute approximate surface area is 119 Å². The summed E-state index contributed by atoms with van der Waals surface area (Å²) >= 11 is 0. The molecule has 114 valence electrons. The first-order valence-electron chi connectivity index (χ1n) is 6.64. The van der Waals surface area contributed by atoms with Crippen molar-refractivity contribution in [2.75, 3.05) is 39.9 Å². The zero-order valence-corrected chi connectivity index (χ0v) is 12.0. The van der Waals surface area contributed by atoms with Crippen molar-refractivity contribution in [1.29, 1.82) is 0 Å². The Balaban J connectivity index is 2.41. The quantitative estimate of drug-likeness (QED) is 0.285. The van der Waals surface area contributed by atoms with Crippen molar-refractivity contribution in [2.24, 2.45) is 0 Å². The van der Waals surface area contributed by atoms with Crippen LogP contribution in [0.15, 0.2) is 23.7 Å². The zero-order chi connectivity index (χ0) is 14.8. The number of nitrogens with one attached hydrogen (secondary N) is 2. The van der Waals surface area contributed by atoms with E-state index in [4.69, 9.17) is 9.47 Å². The van der Waals surface area contributed by atoms with Crippen LogP contribution in [0.1, 0.15) is 13.3 Å². The van der Waals surface area contributed by atoms with Crippen molar-refractivity contribution in [3.8, 4) is 0 Å². The number of carbonyl (C=O) groups excluding carboxylic acids is 1. The molecule has 0 aromatic heterocycles. The van der Waals surface area contributed by atoms with Gasteiger partial charge in [0.1, 0.15) is 6.61 Å². The molecular weight excluding hydrogens is 262 g/mol. The molecule has 0 saturated carbocycles. The minimum Gasteiger partial charge on any atom is -0.788 e. The van der Waals surface area contributed by atoms with E-state index in [1.54, 1.807) is 24.2 Å². The lowest BCUT2D eigenvalue weighted by atomic mass is 10.3. The minimum absolute atomic E-state index is 0.0559. The van der Waals surface area contributed by atoms with E-state index in [2.05, 4.69) is 5.32 Å². The molecule has 1 fully saturated rings. The Hall–Kier alpha value is -1.73. The summed E-state index contributed by atoms with van der Waals surface area (Å²) in [5.74, 6) is 1.20. The minimum atomic E-state index is -0.0559. The molecule has 1 aliphatic heterocycles. The van der Waals surface area contributed by atoms with Gasteiger partial charge in [0.25, 0.3) is 0 Å². The summed E-state index contributed by atoms with van der Waals surface area (Å²) in [6.45, 7) is 4.49. The Morgan fingerprint density at radius 2 is 2.35 bits per heavy atom. The normalized spacial score (nSPS) is 16.4. The van der Waals surface area contributed by atoms with Crippen LogP contribution in [0.5, 0.6) is 0 Å². The number of rotatable bonds is 9. The van der Waals surface area contributed by atoms with Crippen LogP contribution < -0.4 is 10.8 Å². The molecule has 20 heavy (non-hydrogen) atoms. The highest BCUT2D eigenvalue weighted by atomic mass is 16.5. The average Bonchev–Trinajstić information content (AvgIpc) is 2.86. The predicted octanol–water partition coefficient (Wildman–Crippen LogP) is 0.940. The third-order valence-electron chi connectivity index (χ3n) is 2.87. The van der Waals surface area contributed by atoms with E-state index < -0.39 is 0 Å². The number of nitrogens with zero attached hydrogens (tertiary/aromatic N) is 1. The molecule has 0 radical (unpaired) electrons. The van der Waals surface area contributed by atoms with Gasteiger partial charge in [-0.3, -0.25) is 0 Å². The van der Waals surface area contributed by atoms with Gasteiger partial charge in [-0.15, -0.1) is 0 Å². The molecule has 2 amide bonds. The molecule has 1 rings (SSSR count). The highest BCUT2D eigenvalue weighted by Gasteiger charge is 2.19. The van der Waals surface area contributed by atoms with E-state index in [9.17, 15) is 10.0 Å². The lowest BCUT2D eigenvalue weighted by molar-refractivity contribution is 0.152. The fourth-order valence-corrected chi connectivity index (χ4v) is 1.83. The molecule has 1 saturated heterocycles. The molecule has 7 nitrogen and oxygen atoms in total. The first kappa shape index (κ1) is 16.3. The maximum Gasteiger partial charge on any atom is 0.317 e. The Morgan fingerprint density at radius 3 is 2.90 bits per heavy atom. The van der Waals surface area contributed by atoms with Gasteiger partial charge in [0.2, 0.25) is 0 Å². The van der Waals surface area contributed by atoms with Crippen molar-refractivity contribution in [2.45, 2.75) is 13.3 Å². The molecule has 1 heterocycles. The van der Waals surface area contributed by atoms with Gasteiger partial charge in [0.15, 0.2) is 11.5 Å². The molecule has 0 aromatic rings. The van der Waals surface area contributed by atoms with Crippen LogP contribution in [0.3, 0.4) is 0 Å². The third-order valence-corrected chi connectivity index (χ3v) is 2.87. The standard InChI is InChI=1S/C13H22N3O4/c1-3-11(12(19-2)5-4-6-15-18)20-10-9-16-8-7-14-13(16)17/h3,5,15H,4,6-10H2,1-2H3,(H,14,17)/q-1/b11-3+,12-5+. The summed E-state index contributed by atoms with van der Waals surface area (Å²) in [4.78, 5) is 13.1. The topological polar surface area (TPSA) is 85.9 Å². The second kappa shape index (κ2) is 9.22. The van der Waals surface area contributed by atoms with Crippen LogP contribution in [0, 0.1) is 5.21 Å². The SMILES string of the molecule is C/C=C(OCCN1CCNC1=O)\C(=C/CCN[O-])OC. The summed E-state index contributed by atoms with van der Waals surface area (Å²) in [6, 6.07) is -0.0559. The number of allylic oxidation sites excluding steroid dienone is 1. The second-order valence-corrected chi connectivity index (χ2v) is 4.18. The van der Waals surface area contributed by atoms with Crippen LogP contribution in [0.25, 0.3) is 0 Å². The Morgan fingerprint density at radius 1 is 1.55 bits per heavy atom. The zero-order valence-electron chi connectivity index (χ0n) is 12.0. The highest BCUT2D eigenvalue weighted by molar-refractivity contribution is 5.76. The summed E-state index contributed by atoms with van der Waals surface area (Å²) in [6.07, 6.45) is 4.15. The van der Waals surface area contributed by atoms with Gasteiger partial charge in [0.05, 0.1) is 13.7 Å². The van der Waals surface area contributed by atoms with Gasteiger partial charge in [-0.05, 0) is 32.0 Å². The van der Waals surface area contributed by atoms with Crippen LogP contribution in [-0.2, 0) is 9.47 Å². The van der Waals surface area contributed by atoms with E-state index >= 15 is 0 Å². The monoisotopic (exact) mass is 284 g/mol. The summed E-state index contributed by atoms with van der Waals surface area (Å²) in [5, 5.41) is 12.9. The van der Waals surface area contributed by atoms with Gasteiger partial charge < -0.3 is 30.4 Å². The average molecular weight is 284 g/mol. The largest absolute Gasteiger partial charge is 0.788 e. The van der Waals surface area contributed by atoms with Crippen molar-refractivity contribution in [3.63, 3.8) is 0 Å². The fraction of sp³-hybridized carbons (Fsp3) is 0.615. The van der Waals surface area contributed by atoms with Crippen LogP contribution >= 0.6 is 0 Å². The number of methoxy groups -OCH3 is 1. The predicted molar refractivity (Wildman–Crippen MR) is 75.8 cm³/mol. The number of amides is 2. The molecule has 0 aliphatic carbocycles. The number of ether oxygens (including phenoxy) is 2. The molecular formula is C13H22N3O4-. The van der Waals surface area contributed by atoms with Crippen molar-refractivity contribution in [1.82, 2.24) is 15.7 Å². The van der Waals surface area contributed by atoms with Gasteiger partial charge >= 0.3 is 6.03 Å². The molecule has 1 aliphatic rings. The van der Waals surface area contributed by atoms with Gasteiger partial charge in [-0.1, -0.05) is 0 Å². The number of hydrogen-bond donors (Lipinski definition) is 2. The maximum atomic E-state index is 11.4. The molecule has 0 unspecified atom stereocenters. The first-order chi connectivity index (χ1) is 9.72. The van der Waals surface area contributed by atoms with E-state index in [-0.39, 0.29) is 6.03 Å². The molecule has 0 bridgehead atoms. The molecule has 7 heteroatoms. The maximum absolute atomic E-state index is 11.4. The third kappa shape index (κ3) is 5.10. The molecule has 0 aromatic carbocycles. The summed E-state index contributed by atoms with van der Waals surface area (Å²) in [7, 11) is 1.55. The number of hydroxylamine groups is 1. The number of hydrogen-bond acceptors (Lipinski definition) is 5. The number of urea groups is 1. The Bertz CT molecular complexity index is 369. The molecule has 0 spiro atoms. The smallest absolute Gasteiger partial charge is 0.317 e. The van der Waals surface area contributed by atoms with Crippen LogP contribution in [0.4, 0.5) is 4.79 Å². The van der Waals surface area contributed by atoms with Gasteiger partial charge in [-0.2, -0.15) is 0 Å². The molecule has 2 N–H and O–H groups in total. The van der Waals surface area contributed by atoms with Crippen LogP contribution in [-0.4, -0.2) is 50.8 Å². The van der Waals surface area contributed by atoms with Gasteiger partial charge in [0, 0.05) is 13.1 Å². The van der Waals surface area contributed by atoms with Crippen LogP contribution in [0.2, 0.25) is 0 Å². The Kier molecular flexibility index (Phi) is 7.52.